The molecule has 0 amide bonds. The van der Waals surface area contributed by atoms with E-state index in [1.807, 2.05) is 39.0 Å². The van der Waals surface area contributed by atoms with E-state index in [-0.39, 0.29) is 48.7 Å². The largest absolute Gasteiger partial charge is 1.00 e. The number of ether oxygens (including phenoxy) is 2. The van der Waals surface area contributed by atoms with Crippen molar-refractivity contribution in [3.05, 3.63) is 35.9 Å². The van der Waals surface area contributed by atoms with Crippen LogP contribution in [0.2, 0.25) is 0 Å². The van der Waals surface area contributed by atoms with Crippen molar-refractivity contribution >= 4 is 5.97 Å². The van der Waals surface area contributed by atoms with Gasteiger partial charge in [-0.3, -0.25) is 4.79 Å². The zero-order valence-corrected chi connectivity index (χ0v) is 16.9. The predicted octanol–water partition coefficient (Wildman–Crippen LogP) is -0.482. The molecule has 0 N–H and O–H groups in total. The Morgan fingerprint density at radius 3 is 2.33 bits per heavy atom. The van der Waals surface area contributed by atoms with Gasteiger partial charge in [-0.15, -0.1) is 5.11 Å². The van der Waals surface area contributed by atoms with E-state index < -0.39 is 11.1 Å². The average molecular weight is 346 g/mol. The molecule has 0 fully saturated rings. The SMILES string of the molecule is CCC(C)(C)C(=O)OCCOC(C)(N=NO[O-])c1ccccc1.[Na+]. The molecule has 24 heavy (non-hydrogen) atoms. The number of hydrogen-bond donors (Lipinski definition) is 0. The minimum atomic E-state index is -1.20. The van der Waals surface area contributed by atoms with Gasteiger partial charge in [-0.2, -0.15) is 0 Å². The maximum absolute atomic E-state index is 11.9. The van der Waals surface area contributed by atoms with E-state index in [0.29, 0.717) is 12.0 Å². The first-order chi connectivity index (χ1) is 10.9. The van der Waals surface area contributed by atoms with Crippen LogP contribution in [0.15, 0.2) is 40.7 Å². The molecule has 0 heterocycles. The van der Waals surface area contributed by atoms with Crippen molar-refractivity contribution in [3.8, 4) is 0 Å². The molecule has 1 atom stereocenters. The predicted molar refractivity (Wildman–Crippen MR) is 80.7 cm³/mol. The van der Waals surface area contributed by atoms with E-state index >= 15 is 0 Å². The molecule has 0 aliphatic carbocycles. The fraction of sp³-hybridized carbons (Fsp3) is 0.562. The molecule has 0 aliphatic heterocycles. The van der Waals surface area contributed by atoms with E-state index in [2.05, 4.69) is 15.4 Å². The number of esters is 1. The number of carbonyl (C=O) groups excluding carboxylic acids is 1. The van der Waals surface area contributed by atoms with Gasteiger partial charge in [0.05, 0.1) is 12.0 Å². The maximum Gasteiger partial charge on any atom is 1.00 e. The van der Waals surface area contributed by atoms with Crippen LogP contribution in [0.4, 0.5) is 0 Å². The van der Waals surface area contributed by atoms with Gasteiger partial charge in [0.25, 0.3) is 0 Å². The van der Waals surface area contributed by atoms with E-state index in [4.69, 9.17) is 9.47 Å². The summed E-state index contributed by atoms with van der Waals surface area (Å²) in [7, 11) is 0. The quantitative estimate of drug-likeness (QED) is 0.150. The minimum Gasteiger partial charge on any atom is -0.636 e. The molecular formula is C16H23N2NaO5. The Morgan fingerprint density at radius 1 is 1.17 bits per heavy atom. The molecule has 1 aromatic rings. The third kappa shape index (κ3) is 6.86. The van der Waals surface area contributed by atoms with Gasteiger partial charge in [-0.1, -0.05) is 37.3 Å². The van der Waals surface area contributed by atoms with Crippen molar-refractivity contribution in [1.82, 2.24) is 0 Å². The van der Waals surface area contributed by atoms with Crippen molar-refractivity contribution in [1.29, 1.82) is 0 Å². The van der Waals surface area contributed by atoms with Crippen LogP contribution in [0.25, 0.3) is 0 Å². The van der Waals surface area contributed by atoms with Crippen LogP contribution in [0.3, 0.4) is 0 Å². The van der Waals surface area contributed by atoms with Gasteiger partial charge in [0.15, 0.2) is 0 Å². The molecule has 0 bridgehead atoms. The number of carbonyl (C=O) groups is 1. The topological polar surface area (TPSA) is 92.5 Å². The van der Waals surface area contributed by atoms with Gasteiger partial charge in [0.2, 0.25) is 5.72 Å². The second-order valence-corrected chi connectivity index (χ2v) is 5.83. The Kier molecular flexibility index (Phi) is 10.3. The van der Waals surface area contributed by atoms with Gasteiger partial charge < -0.3 is 19.7 Å². The number of rotatable bonds is 9. The van der Waals surface area contributed by atoms with E-state index in [9.17, 15) is 10.1 Å². The zero-order valence-electron chi connectivity index (χ0n) is 14.9. The first-order valence-corrected chi connectivity index (χ1v) is 7.43. The van der Waals surface area contributed by atoms with Crippen molar-refractivity contribution in [2.45, 2.75) is 39.8 Å². The molecule has 0 aliphatic rings. The standard InChI is InChI=1S/C16H24N2O5.Na/c1-5-15(2,3)14(19)21-11-12-22-16(4,17-18-23-20)13-9-7-6-8-10-13;/h6-10,20H,5,11-12H2,1-4H3;/q;+1/p-1. The van der Waals surface area contributed by atoms with Gasteiger partial charge >= 0.3 is 35.5 Å². The van der Waals surface area contributed by atoms with Crippen LogP contribution in [0, 0.1) is 5.41 Å². The van der Waals surface area contributed by atoms with Crippen molar-refractivity contribution in [2.75, 3.05) is 13.2 Å². The van der Waals surface area contributed by atoms with Crippen LogP contribution >= 0.6 is 0 Å². The molecule has 128 valence electrons. The van der Waals surface area contributed by atoms with Gasteiger partial charge in [-0.25, -0.2) is 0 Å². The van der Waals surface area contributed by atoms with Crippen LogP contribution in [0.5, 0.6) is 0 Å². The van der Waals surface area contributed by atoms with Crippen LogP contribution in [-0.4, -0.2) is 19.2 Å². The number of benzene rings is 1. The Hall–Kier alpha value is -0.990. The smallest absolute Gasteiger partial charge is 0.636 e. The normalized spacial score (nSPS) is 13.9. The first-order valence-electron chi connectivity index (χ1n) is 7.43. The second-order valence-electron chi connectivity index (χ2n) is 5.83. The second kappa shape index (κ2) is 10.8. The van der Waals surface area contributed by atoms with E-state index in [1.54, 1.807) is 19.1 Å². The summed E-state index contributed by atoms with van der Waals surface area (Å²) in [5.74, 6) is -0.283. The molecule has 1 unspecified atom stereocenters. The van der Waals surface area contributed by atoms with Gasteiger partial charge in [0, 0.05) is 10.8 Å². The summed E-state index contributed by atoms with van der Waals surface area (Å²) in [6.07, 6.45) is 0.684. The fourth-order valence-corrected chi connectivity index (χ4v) is 1.73. The summed E-state index contributed by atoms with van der Waals surface area (Å²) in [6.45, 7) is 7.40. The van der Waals surface area contributed by atoms with Crippen molar-refractivity contribution < 1.29 is 54.1 Å². The molecular weight excluding hydrogens is 323 g/mol. The molecule has 0 spiro atoms. The zero-order chi connectivity index (χ0) is 17.3. The number of hydrogen-bond acceptors (Lipinski definition) is 7. The molecule has 0 saturated carbocycles. The summed E-state index contributed by atoms with van der Waals surface area (Å²) >= 11 is 0. The average Bonchev–Trinajstić information content (AvgIpc) is 2.57. The van der Waals surface area contributed by atoms with Crippen LogP contribution < -0.4 is 34.8 Å². The molecule has 0 saturated heterocycles. The van der Waals surface area contributed by atoms with Crippen LogP contribution in [-0.2, 0) is 25.0 Å². The number of nitrogens with zero attached hydrogens (tertiary/aromatic N) is 2. The Morgan fingerprint density at radius 2 is 1.79 bits per heavy atom. The summed E-state index contributed by atoms with van der Waals surface area (Å²) < 4.78 is 10.9. The monoisotopic (exact) mass is 346 g/mol. The third-order valence-corrected chi connectivity index (χ3v) is 3.71. The summed E-state index contributed by atoms with van der Waals surface area (Å²) in [5.41, 5.74) is -1.03. The third-order valence-electron chi connectivity index (χ3n) is 3.71. The summed E-state index contributed by atoms with van der Waals surface area (Å²) in [5, 5.41) is 16.9. The van der Waals surface area contributed by atoms with E-state index in [1.165, 1.54) is 0 Å². The maximum atomic E-state index is 11.9. The van der Waals surface area contributed by atoms with Crippen molar-refractivity contribution in [3.63, 3.8) is 0 Å². The molecule has 0 aromatic heterocycles. The van der Waals surface area contributed by atoms with Gasteiger partial charge in [0.1, 0.15) is 6.61 Å². The van der Waals surface area contributed by atoms with E-state index in [0.717, 1.165) is 0 Å². The van der Waals surface area contributed by atoms with Crippen molar-refractivity contribution in [2.24, 2.45) is 15.8 Å². The Labute approximate surface area is 164 Å². The Balaban J connectivity index is 0.00000529. The summed E-state index contributed by atoms with van der Waals surface area (Å²) in [6, 6.07) is 9.05. The minimum absolute atomic E-state index is 0. The molecule has 1 rings (SSSR count). The van der Waals surface area contributed by atoms with Gasteiger partial charge in [-0.05, 0) is 27.2 Å². The molecule has 0 radical (unpaired) electrons. The summed E-state index contributed by atoms with van der Waals surface area (Å²) in [4.78, 5) is 15.3. The Bertz CT molecular complexity index is 524. The van der Waals surface area contributed by atoms with Crippen LogP contribution in [0.1, 0.15) is 39.7 Å². The fourth-order valence-electron chi connectivity index (χ4n) is 1.73. The molecule has 7 nitrogen and oxygen atoms in total. The molecule has 8 heteroatoms. The first kappa shape index (κ1) is 23.0. The molecule has 1 aromatic carbocycles.